The summed E-state index contributed by atoms with van der Waals surface area (Å²) in [6, 6.07) is -3.46. The number of hydrogen-bond donors (Lipinski definition) is 1. The van der Waals surface area contributed by atoms with Crippen LogP contribution in [0.1, 0.15) is 11.6 Å². The highest BCUT2D eigenvalue weighted by Crippen LogP contribution is 2.43. The largest absolute Gasteiger partial charge is 0.455 e. The summed E-state index contributed by atoms with van der Waals surface area (Å²) >= 11 is 0. The van der Waals surface area contributed by atoms with Gasteiger partial charge in [-0.05, 0) is 6.07 Å². The van der Waals surface area contributed by atoms with Crippen molar-refractivity contribution in [2.24, 2.45) is 5.73 Å². The monoisotopic (exact) mass is 279 g/mol. The van der Waals surface area contributed by atoms with Crippen molar-refractivity contribution in [2.75, 3.05) is 0 Å². The fourth-order valence-corrected chi connectivity index (χ4v) is 1.15. The first-order valence-electron chi connectivity index (χ1n) is 4.33. The lowest BCUT2D eigenvalue weighted by Gasteiger charge is -2.26. The molecule has 1 nitrogen and oxygen atoms in total. The van der Waals surface area contributed by atoms with Crippen molar-refractivity contribution in [3.05, 3.63) is 35.1 Å². The van der Waals surface area contributed by atoms with Crippen molar-refractivity contribution in [1.82, 2.24) is 0 Å². The molecule has 18 heavy (non-hydrogen) atoms. The predicted molar refractivity (Wildman–Crippen MR) is 44.2 cm³/mol. The van der Waals surface area contributed by atoms with Crippen molar-refractivity contribution in [2.45, 2.75) is 18.1 Å². The molecule has 2 N–H and O–H groups in total. The summed E-state index contributed by atoms with van der Waals surface area (Å²) in [4.78, 5) is 0. The predicted octanol–water partition coefficient (Wildman–Crippen LogP) is 3.30. The Morgan fingerprint density at radius 1 is 0.833 bits per heavy atom. The van der Waals surface area contributed by atoms with Gasteiger partial charge in [-0.2, -0.15) is 22.0 Å². The van der Waals surface area contributed by atoms with Crippen LogP contribution in [0.3, 0.4) is 0 Å². The van der Waals surface area contributed by atoms with Crippen LogP contribution >= 0.6 is 0 Å². The Morgan fingerprint density at radius 2 is 1.28 bits per heavy atom. The van der Waals surface area contributed by atoms with E-state index in [4.69, 9.17) is 0 Å². The zero-order chi connectivity index (χ0) is 14.3. The Balaban J connectivity index is 3.27. The van der Waals surface area contributed by atoms with Gasteiger partial charge >= 0.3 is 12.1 Å². The molecule has 0 heterocycles. The van der Waals surface area contributed by atoms with E-state index in [1.807, 2.05) is 0 Å². The molecule has 0 fully saturated rings. The standard InChI is InChI=1S/C9H5F8N/c10-4-2-6(12)5(11)1-3(4)7(18)8(13,14)9(15,16)17/h1-2,7H,18H2. The lowest BCUT2D eigenvalue weighted by molar-refractivity contribution is -0.291. The van der Waals surface area contributed by atoms with Crippen molar-refractivity contribution in [1.29, 1.82) is 0 Å². The molecule has 102 valence electrons. The van der Waals surface area contributed by atoms with Crippen LogP contribution in [0, 0.1) is 17.5 Å². The Labute approximate surface area is 95.2 Å². The van der Waals surface area contributed by atoms with Gasteiger partial charge in [-0.3, -0.25) is 0 Å². The Hall–Kier alpha value is -1.38. The SMILES string of the molecule is NC(c1cc(F)c(F)cc1F)C(F)(F)C(F)(F)F. The molecule has 0 saturated heterocycles. The summed E-state index contributed by atoms with van der Waals surface area (Å²) in [5.74, 6) is -10.8. The fourth-order valence-electron chi connectivity index (χ4n) is 1.15. The molecule has 9 heteroatoms. The topological polar surface area (TPSA) is 26.0 Å². The van der Waals surface area contributed by atoms with E-state index in [1.54, 1.807) is 0 Å². The highest BCUT2D eigenvalue weighted by atomic mass is 19.4. The van der Waals surface area contributed by atoms with Crippen molar-refractivity contribution in [3.63, 3.8) is 0 Å². The molecule has 1 aromatic rings. The number of rotatable bonds is 2. The highest BCUT2D eigenvalue weighted by molar-refractivity contribution is 5.25. The Bertz CT molecular complexity index is 453. The molecular formula is C9H5F8N. The van der Waals surface area contributed by atoms with E-state index in [2.05, 4.69) is 5.73 Å². The molecule has 0 spiro atoms. The van der Waals surface area contributed by atoms with Gasteiger partial charge in [-0.1, -0.05) is 0 Å². The van der Waals surface area contributed by atoms with E-state index in [0.29, 0.717) is 0 Å². The van der Waals surface area contributed by atoms with Gasteiger partial charge in [0.1, 0.15) is 11.9 Å². The molecule has 1 rings (SSSR count). The van der Waals surface area contributed by atoms with Gasteiger partial charge in [-0.25, -0.2) is 13.2 Å². The van der Waals surface area contributed by atoms with Crippen LogP contribution in [0.15, 0.2) is 12.1 Å². The second-order valence-electron chi connectivity index (χ2n) is 3.39. The van der Waals surface area contributed by atoms with Crippen molar-refractivity contribution in [3.8, 4) is 0 Å². The minimum atomic E-state index is -6.04. The summed E-state index contributed by atoms with van der Waals surface area (Å²) in [5, 5.41) is 0. The summed E-state index contributed by atoms with van der Waals surface area (Å²) in [6.07, 6.45) is -6.04. The number of nitrogens with two attached hydrogens (primary N) is 1. The molecule has 1 atom stereocenters. The average molecular weight is 279 g/mol. The molecule has 1 unspecified atom stereocenters. The van der Waals surface area contributed by atoms with Crippen molar-refractivity contribution < 1.29 is 35.1 Å². The lowest BCUT2D eigenvalue weighted by atomic mass is 10.00. The van der Waals surface area contributed by atoms with E-state index < -0.39 is 41.2 Å². The highest BCUT2D eigenvalue weighted by Gasteiger charge is 2.62. The molecule has 0 aliphatic rings. The van der Waals surface area contributed by atoms with Crippen molar-refractivity contribution >= 4 is 0 Å². The van der Waals surface area contributed by atoms with Crippen LogP contribution in [0.25, 0.3) is 0 Å². The molecule has 1 aromatic carbocycles. The second-order valence-corrected chi connectivity index (χ2v) is 3.39. The minimum absolute atomic E-state index is 0.130. The maximum Gasteiger partial charge on any atom is 0.455 e. The minimum Gasteiger partial charge on any atom is -0.319 e. The molecule has 0 aliphatic carbocycles. The number of hydrogen-bond acceptors (Lipinski definition) is 1. The van der Waals surface area contributed by atoms with Gasteiger partial charge in [0.05, 0.1) is 0 Å². The number of benzene rings is 1. The molecule has 0 saturated carbocycles. The third-order valence-corrected chi connectivity index (χ3v) is 2.14. The van der Waals surface area contributed by atoms with E-state index in [-0.39, 0.29) is 12.1 Å². The molecular weight excluding hydrogens is 274 g/mol. The lowest BCUT2D eigenvalue weighted by Crippen LogP contribution is -2.46. The second kappa shape index (κ2) is 4.38. The third-order valence-electron chi connectivity index (χ3n) is 2.14. The van der Waals surface area contributed by atoms with Gasteiger partial charge < -0.3 is 5.73 Å². The molecule has 0 aromatic heterocycles. The maximum absolute atomic E-state index is 13.0. The average Bonchev–Trinajstić information content (AvgIpc) is 2.20. The molecule has 0 aliphatic heterocycles. The Kier molecular flexibility index (Phi) is 3.57. The first kappa shape index (κ1) is 14.7. The zero-order valence-corrected chi connectivity index (χ0v) is 8.33. The maximum atomic E-state index is 13.0. The molecule has 0 amide bonds. The first-order chi connectivity index (χ1) is 7.98. The van der Waals surface area contributed by atoms with Crippen LogP contribution in [0.4, 0.5) is 35.1 Å². The van der Waals surface area contributed by atoms with Crippen LogP contribution in [-0.2, 0) is 0 Å². The Morgan fingerprint density at radius 3 is 1.72 bits per heavy atom. The quantitative estimate of drug-likeness (QED) is 0.652. The van der Waals surface area contributed by atoms with E-state index >= 15 is 0 Å². The summed E-state index contributed by atoms with van der Waals surface area (Å²) in [6.45, 7) is 0. The van der Waals surface area contributed by atoms with Gasteiger partial charge in [0.2, 0.25) is 0 Å². The fraction of sp³-hybridized carbons (Fsp3) is 0.333. The zero-order valence-electron chi connectivity index (χ0n) is 8.33. The smallest absolute Gasteiger partial charge is 0.319 e. The van der Waals surface area contributed by atoms with Gasteiger partial charge in [0.25, 0.3) is 0 Å². The van der Waals surface area contributed by atoms with E-state index in [1.165, 1.54) is 0 Å². The van der Waals surface area contributed by atoms with Gasteiger partial charge in [-0.15, -0.1) is 0 Å². The van der Waals surface area contributed by atoms with Crippen LogP contribution in [0.5, 0.6) is 0 Å². The number of halogens is 8. The summed E-state index contributed by atoms with van der Waals surface area (Å²) in [7, 11) is 0. The molecule has 0 radical (unpaired) electrons. The number of alkyl halides is 5. The third kappa shape index (κ3) is 2.40. The van der Waals surface area contributed by atoms with E-state index in [0.717, 1.165) is 0 Å². The summed E-state index contributed by atoms with van der Waals surface area (Å²) < 4.78 is 99.6. The molecule has 0 bridgehead atoms. The van der Waals surface area contributed by atoms with Crippen LogP contribution in [0.2, 0.25) is 0 Å². The van der Waals surface area contributed by atoms with Crippen LogP contribution < -0.4 is 5.73 Å². The normalized spacial score (nSPS) is 14.7. The van der Waals surface area contributed by atoms with Gasteiger partial charge in [0, 0.05) is 11.6 Å². The summed E-state index contributed by atoms with van der Waals surface area (Å²) in [5.41, 5.74) is 3.12. The van der Waals surface area contributed by atoms with Crippen LogP contribution in [-0.4, -0.2) is 12.1 Å². The van der Waals surface area contributed by atoms with Gasteiger partial charge in [0.15, 0.2) is 11.6 Å². The van der Waals surface area contributed by atoms with E-state index in [9.17, 15) is 35.1 Å². The first-order valence-corrected chi connectivity index (χ1v) is 4.33.